The Bertz CT molecular complexity index is 909. The van der Waals surface area contributed by atoms with Crippen molar-refractivity contribution in [1.82, 2.24) is 0 Å². The van der Waals surface area contributed by atoms with E-state index >= 15 is 0 Å². The molecule has 0 aromatic heterocycles. The van der Waals surface area contributed by atoms with Gasteiger partial charge < -0.3 is 5.11 Å². The van der Waals surface area contributed by atoms with Crippen LogP contribution in [0.15, 0.2) is 12.1 Å². The summed E-state index contributed by atoms with van der Waals surface area (Å²) in [5.41, 5.74) is 0.0264. The van der Waals surface area contributed by atoms with E-state index in [-0.39, 0.29) is 11.2 Å². The fourth-order valence-corrected chi connectivity index (χ4v) is 8.00. The Kier molecular flexibility index (Phi) is 2.97. The highest BCUT2D eigenvalue weighted by molar-refractivity contribution is 7.46. The summed E-state index contributed by atoms with van der Waals surface area (Å²) in [5.74, 6) is -4.90. The van der Waals surface area contributed by atoms with Gasteiger partial charge in [-0.1, -0.05) is 32.9 Å². The van der Waals surface area contributed by atoms with Gasteiger partial charge in [0.15, 0.2) is 0 Å². The lowest BCUT2D eigenvalue weighted by molar-refractivity contribution is -0.563. The smallest absolute Gasteiger partial charge is 0.365 e. The SMILES string of the molecule is Cc1ccc(C2(C34OP(O3)O4)OP3OC2(C24OP(O2)O4)O3)c(O)c1C(C)(C)C. The highest BCUT2D eigenvalue weighted by atomic mass is 31.2. The molecule has 13 heteroatoms. The molecule has 0 saturated carbocycles. The maximum atomic E-state index is 11.4. The zero-order chi connectivity index (χ0) is 19.3. The number of hydrogen-bond donors (Lipinski definition) is 1. The third-order valence-corrected chi connectivity index (χ3v) is 9.17. The molecule has 1 atom stereocenters. The lowest BCUT2D eigenvalue weighted by Gasteiger charge is -2.68. The minimum absolute atomic E-state index is 0.0217. The number of fused-ring (bicyclic) bond motifs is 1. The van der Waals surface area contributed by atoms with E-state index in [0.29, 0.717) is 5.56 Å². The first-order valence-corrected chi connectivity index (χ1v) is 11.9. The van der Waals surface area contributed by atoms with Gasteiger partial charge in [-0.15, -0.1) is 0 Å². The highest BCUT2D eigenvalue weighted by Gasteiger charge is 3.01. The van der Waals surface area contributed by atoms with Crippen molar-refractivity contribution in [3.8, 4) is 5.75 Å². The number of benzene rings is 1. The van der Waals surface area contributed by atoms with Crippen molar-refractivity contribution in [3.63, 3.8) is 0 Å². The molecule has 0 amide bonds. The van der Waals surface area contributed by atoms with Crippen LogP contribution in [0.2, 0.25) is 0 Å². The van der Waals surface area contributed by atoms with E-state index in [2.05, 4.69) is 0 Å². The average molecular weight is 448 g/mol. The van der Waals surface area contributed by atoms with E-state index in [1.54, 1.807) is 6.07 Å². The number of phenols is 1. The Morgan fingerprint density at radius 3 is 1.79 bits per heavy atom. The molecule has 6 bridgehead atoms. The van der Waals surface area contributed by atoms with E-state index in [0.717, 1.165) is 11.1 Å². The lowest BCUT2D eigenvalue weighted by Crippen LogP contribution is -2.83. The fraction of sp³-hybridized carbons (Fsp3) is 0.600. The predicted octanol–water partition coefficient (Wildman–Crippen LogP) is 4.11. The summed E-state index contributed by atoms with van der Waals surface area (Å²) in [4.78, 5) is 0. The standard InChI is InChI=1S/C15H15O10P3/c1-7-5-6-8(10(16)9(7)11(2,3)4)12(14-20-27(21-14)22-14)13(18-26(17-12)19-13)15-23-28(24-15)25-15/h5-6,16H,1-4H3. The van der Waals surface area contributed by atoms with Gasteiger partial charge in [-0.3, -0.25) is 13.6 Å². The summed E-state index contributed by atoms with van der Waals surface area (Å²) < 4.78 is 52.1. The van der Waals surface area contributed by atoms with Gasteiger partial charge >= 0.3 is 43.5 Å². The molecular weight excluding hydrogens is 433 g/mol. The van der Waals surface area contributed by atoms with Crippen LogP contribution in [0.25, 0.3) is 0 Å². The van der Waals surface area contributed by atoms with Crippen LogP contribution in [0.5, 0.6) is 5.75 Å². The van der Waals surface area contributed by atoms with E-state index in [9.17, 15) is 5.11 Å². The van der Waals surface area contributed by atoms with Crippen molar-refractivity contribution < 1.29 is 45.8 Å². The monoisotopic (exact) mass is 448 g/mol. The molecule has 9 aliphatic heterocycles. The number of aromatic hydroxyl groups is 1. The molecule has 0 spiro atoms. The Hall–Kier alpha value is -0.0500. The van der Waals surface area contributed by atoms with E-state index in [4.69, 9.17) is 40.7 Å². The fourth-order valence-electron chi connectivity index (χ4n) is 4.46. The second-order valence-corrected chi connectivity index (χ2v) is 11.3. The Balaban J connectivity index is 1.48. The molecule has 0 aliphatic carbocycles. The molecule has 0 radical (unpaired) electrons. The van der Waals surface area contributed by atoms with Crippen molar-refractivity contribution in [2.45, 2.75) is 56.4 Å². The molecule has 9 saturated heterocycles. The first-order chi connectivity index (χ1) is 13.2. The Labute approximate surface area is 163 Å². The van der Waals surface area contributed by atoms with Gasteiger partial charge in [0.1, 0.15) is 5.75 Å². The van der Waals surface area contributed by atoms with Gasteiger partial charge in [0.05, 0.1) is 0 Å². The third kappa shape index (κ3) is 1.59. The molecular formula is C15H15O10P3. The van der Waals surface area contributed by atoms with Crippen molar-refractivity contribution in [2.75, 3.05) is 0 Å². The van der Waals surface area contributed by atoms with Crippen molar-refractivity contribution in [1.29, 1.82) is 0 Å². The maximum absolute atomic E-state index is 11.4. The largest absolute Gasteiger partial charge is 0.507 e. The first-order valence-electron chi connectivity index (χ1n) is 8.61. The van der Waals surface area contributed by atoms with Crippen LogP contribution >= 0.6 is 25.8 Å². The summed E-state index contributed by atoms with van der Waals surface area (Å²) in [6.07, 6.45) is 0. The third-order valence-electron chi connectivity index (χ3n) is 5.60. The maximum Gasteiger partial charge on any atom is 0.365 e. The molecule has 10 rings (SSSR count). The Morgan fingerprint density at radius 1 is 0.786 bits per heavy atom. The van der Waals surface area contributed by atoms with Crippen LogP contribution in [0.4, 0.5) is 0 Å². The molecule has 150 valence electrons. The van der Waals surface area contributed by atoms with Crippen molar-refractivity contribution in [2.24, 2.45) is 0 Å². The number of hydrogen-bond acceptors (Lipinski definition) is 10. The van der Waals surface area contributed by atoms with Crippen molar-refractivity contribution >= 4 is 25.8 Å². The first kappa shape index (κ1) is 17.6. The zero-order valence-electron chi connectivity index (χ0n) is 15.1. The summed E-state index contributed by atoms with van der Waals surface area (Å²) in [6.45, 7) is 7.98. The molecule has 28 heavy (non-hydrogen) atoms. The van der Waals surface area contributed by atoms with Gasteiger partial charge in [0, 0.05) is 11.1 Å². The molecule has 1 N–H and O–H groups in total. The zero-order valence-corrected chi connectivity index (χ0v) is 17.8. The summed E-state index contributed by atoms with van der Waals surface area (Å²) >= 11 is 0. The molecule has 1 aromatic carbocycles. The number of aryl methyl sites for hydroxylation is 1. The van der Waals surface area contributed by atoms with Crippen LogP contribution < -0.4 is 0 Å². The summed E-state index contributed by atoms with van der Waals surface area (Å²) in [7, 11) is -4.55. The predicted molar refractivity (Wildman–Crippen MR) is 91.9 cm³/mol. The van der Waals surface area contributed by atoms with Crippen molar-refractivity contribution in [3.05, 3.63) is 28.8 Å². The molecule has 1 unspecified atom stereocenters. The average Bonchev–Trinajstić information content (AvgIpc) is 2.80. The van der Waals surface area contributed by atoms with Crippen LogP contribution in [0.3, 0.4) is 0 Å². The molecule has 1 aromatic rings. The van der Waals surface area contributed by atoms with E-state index in [1.807, 2.05) is 33.8 Å². The van der Waals surface area contributed by atoms with Crippen LogP contribution in [-0.2, 0) is 51.7 Å². The second-order valence-electron chi connectivity index (χ2n) is 8.31. The van der Waals surface area contributed by atoms with Gasteiger partial charge in [0.25, 0.3) is 5.60 Å². The van der Waals surface area contributed by atoms with Gasteiger partial charge in [-0.2, -0.15) is 0 Å². The minimum Gasteiger partial charge on any atom is -0.507 e. The number of phenolic OH excluding ortho intramolecular Hbond substituents is 1. The normalized spacial score (nSPS) is 52.1. The molecule has 9 aliphatic rings. The van der Waals surface area contributed by atoms with E-state index in [1.165, 1.54) is 0 Å². The lowest BCUT2D eigenvalue weighted by atomic mass is 9.75. The second kappa shape index (κ2) is 4.73. The van der Waals surface area contributed by atoms with Crippen LogP contribution in [-0.4, -0.2) is 22.8 Å². The topological polar surface area (TPSA) is 103 Å². The van der Waals surface area contributed by atoms with Gasteiger partial charge in [0.2, 0.25) is 0 Å². The minimum atomic E-state index is -1.74. The molecule has 9 fully saturated rings. The summed E-state index contributed by atoms with van der Waals surface area (Å²) in [5, 5.41) is 11.4. The summed E-state index contributed by atoms with van der Waals surface area (Å²) in [6, 6.07) is 3.62. The van der Waals surface area contributed by atoms with Crippen LogP contribution in [0, 0.1) is 6.92 Å². The van der Waals surface area contributed by atoms with Gasteiger partial charge in [-0.25, -0.2) is 27.1 Å². The molecule has 10 nitrogen and oxygen atoms in total. The Morgan fingerprint density at radius 2 is 1.32 bits per heavy atom. The quantitative estimate of drug-likeness (QED) is 0.680. The van der Waals surface area contributed by atoms with Crippen LogP contribution in [0.1, 0.15) is 37.5 Å². The van der Waals surface area contributed by atoms with E-state index < -0.39 is 49.1 Å². The molecule has 9 heterocycles. The highest BCUT2D eigenvalue weighted by Crippen LogP contribution is 2.94. The van der Waals surface area contributed by atoms with Gasteiger partial charge in [-0.05, 0) is 17.9 Å². The number of rotatable bonds is 3.